The number of amides is 1. The second-order valence-corrected chi connectivity index (χ2v) is 4.89. The highest BCUT2D eigenvalue weighted by Gasteiger charge is 2.41. The zero-order valence-electron chi connectivity index (χ0n) is 9.98. The molecule has 1 fully saturated rings. The van der Waals surface area contributed by atoms with Crippen molar-refractivity contribution in [3.8, 4) is 0 Å². The molecule has 4 heteroatoms. The van der Waals surface area contributed by atoms with Gasteiger partial charge >= 0.3 is 0 Å². The molecule has 4 nitrogen and oxygen atoms in total. The Kier molecular flexibility index (Phi) is 2.51. The summed E-state index contributed by atoms with van der Waals surface area (Å²) >= 11 is 0. The number of hydrogen-bond acceptors (Lipinski definition) is 3. The third kappa shape index (κ3) is 1.74. The summed E-state index contributed by atoms with van der Waals surface area (Å²) in [6, 6.07) is 6.96. The van der Waals surface area contributed by atoms with Crippen LogP contribution in [0.25, 0.3) is 0 Å². The second-order valence-electron chi connectivity index (χ2n) is 4.89. The minimum Gasteiger partial charge on any atom is -0.326 e. The van der Waals surface area contributed by atoms with E-state index in [4.69, 9.17) is 0 Å². The van der Waals surface area contributed by atoms with Crippen molar-refractivity contribution in [2.45, 2.75) is 31.3 Å². The fourth-order valence-corrected chi connectivity index (χ4v) is 2.68. The van der Waals surface area contributed by atoms with Crippen LogP contribution >= 0.6 is 0 Å². The molecule has 1 amide bonds. The van der Waals surface area contributed by atoms with Gasteiger partial charge in [0.25, 0.3) is 5.91 Å². The number of aliphatic imine (C=N–C) groups is 1. The quantitative estimate of drug-likeness (QED) is 0.802. The van der Waals surface area contributed by atoms with Crippen molar-refractivity contribution < 1.29 is 9.59 Å². The Labute approximate surface area is 105 Å². The average Bonchev–Trinajstić information content (AvgIpc) is 2.97. The van der Waals surface area contributed by atoms with Gasteiger partial charge in [-0.25, -0.2) is 0 Å². The first-order valence-electron chi connectivity index (χ1n) is 6.20. The van der Waals surface area contributed by atoms with Gasteiger partial charge in [0.05, 0.1) is 0 Å². The predicted octanol–water partition coefficient (Wildman–Crippen LogP) is 1.69. The topological polar surface area (TPSA) is 58.5 Å². The lowest BCUT2D eigenvalue weighted by Crippen LogP contribution is -2.39. The summed E-state index contributed by atoms with van der Waals surface area (Å²) in [4.78, 5) is 27.2. The average molecular weight is 242 g/mol. The SMILES string of the molecule is O=Cc1ccc(C2=NC3(CCCC3)NC2=O)cc1. The van der Waals surface area contributed by atoms with Gasteiger partial charge in [-0.15, -0.1) is 0 Å². The van der Waals surface area contributed by atoms with Gasteiger partial charge in [-0.2, -0.15) is 0 Å². The van der Waals surface area contributed by atoms with Crippen LogP contribution in [0.4, 0.5) is 0 Å². The molecule has 18 heavy (non-hydrogen) atoms. The Morgan fingerprint density at radius 1 is 1.17 bits per heavy atom. The first kappa shape index (κ1) is 11.1. The third-order valence-corrected chi connectivity index (χ3v) is 3.64. The third-order valence-electron chi connectivity index (χ3n) is 3.64. The number of rotatable bonds is 2. The maximum Gasteiger partial charge on any atom is 0.272 e. The molecule has 92 valence electrons. The van der Waals surface area contributed by atoms with Crippen molar-refractivity contribution in [2.24, 2.45) is 4.99 Å². The molecule has 0 bridgehead atoms. The van der Waals surface area contributed by atoms with E-state index in [1.807, 2.05) is 0 Å². The number of carbonyl (C=O) groups is 2. The molecule has 2 aliphatic rings. The van der Waals surface area contributed by atoms with Crippen LogP contribution in [0.3, 0.4) is 0 Å². The Balaban J connectivity index is 1.95. The lowest BCUT2D eigenvalue weighted by atomic mass is 10.1. The van der Waals surface area contributed by atoms with E-state index in [-0.39, 0.29) is 11.6 Å². The number of carbonyl (C=O) groups excluding carboxylic acids is 2. The van der Waals surface area contributed by atoms with Crippen molar-refractivity contribution >= 4 is 17.9 Å². The molecule has 1 N–H and O–H groups in total. The first-order valence-corrected chi connectivity index (χ1v) is 6.20. The molecule has 0 aromatic heterocycles. The number of benzene rings is 1. The summed E-state index contributed by atoms with van der Waals surface area (Å²) in [6.45, 7) is 0. The van der Waals surface area contributed by atoms with Crippen molar-refractivity contribution in [3.05, 3.63) is 35.4 Å². The summed E-state index contributed by atoms with van der Waals surface area (Å²) in [5, 5.41) is 2.99. The van der Waals surface area contributed by atoms with E-state index in [1.165, 1.54) is 0 Å². The molecule has 1 aliphatic heterocycles. The van der Waals surface area contributed by atoms with Crippen molar-refractivity contribution in [2.75, 3.05) is 0 Å². The van der Waals surface area contributed by atoms with E-state index in [2.05, 4.69) is 10.3 Å². The fraction of sp³-hybridized carbons (Fsp3) is 0.357. The molecular weight excluding hydrogens is 228 g/mol. The van der Waals surface area contributed by atoms with Crippen LogP contribution in [-0.4, -0.2) is 23.6 Å². The van der Waals surface area contributed by atoms with Crippen molar-refractivity contribution in [1.29, 1.82) is 0 Å². The minimum absolute atomic E-state index is 0.101. The van der Waals surface area contributed by atoms with Gasteiger partial charge < -0.3 is 5.32 Å². The zero-order valence-corrected chi connectivity index (χ0v) is 9.98. The van der Waals surface area contributed by atoms with Crippen LogP contribution in [-0.2, 0) is 4.79 Å². The highest BCUT2D eigenvalue weighted by molar-refractivity contribution is 6.46. The molecule has 0 atom stereocenters. The number of nitrogens with zero attached hydrogens (tertiary/aromatic N) is 1. The number of nitrogens with one attached hydrogen (secondary N) is 1. The van der Waals surface area contributed by atoms with Crippen LogP contribution in [0.15, 0.2) is 29.3 Å². The van der Waals surface area contributed by atoms with E-state index in [0.717, 1.165) is 37.5 Å². The summed E-state index contributed by atoms with van der Waals surface area (Å²) in [5.74, 6) is -0.101. The first-order chi connectivity index (χ1) is 8.72. The van der Waals surface area contributed by atoms with Crippen LogP contribution < -0.4 is 5.32 Å². The lowest BCUT2D eigenvalue weighted by molar-refractivity contribution is -0.115. The monoisotopic (exact) mass is 242 g/mol. The van der Waals surface area contributed by atoms with E-state index < -0.39 is 0 Å². The van der Waals surface area contributed by atoms with Crippen LogP contribution in [0.5, 0.6) is 0 Å². The van der Waals surface area contributed by atoms with Gasteiger partial charge in [-0.1, -0.05) is 24.3 Å². The molecule has 1 aromatic carbocycles. The molecule has 3 rings (SSSR count). The second kappa shape index (κ2) is 4.05. The van der Waals surface area contributed by atoms with Crippen LogP contribution in [0, 0.1) is 0 Å². The maximum absolute atomic E-state index is 12.0. The highest BCUT2D eigenvalue weighted by atomic mass is 16.2. The Bertz CT molecular complexity index is 525. The molecule has 0 saturated heterocycles. The molecule has 1 saturated carbocycles. The highest BCUT2D eigenvalue weighted by Crippen LogP contribution is 2.34. The van der Waals surface area contributed by atoms with Crippen LogP contribution in [0.2, 0.25) is 0 Å². The molecule has 1 aromatic rings. The zero-order chi connectivity index (χ0) is 12.6. The summed E-state index contributed by atoms with van der Waals surface area (Å²) < 4.78 is 0. The van der Waals surface area contributed by atoms with E-state index >= 15 is 0 Å². The van der Waals surface area contributed by atoms with E-state index in [1.54, 1.807) is 24.3 Å². The summed E-state index contributed by atoms with van der Waals surface area (Å²) in [5.41, 5.74) is 1.53. The van der Waals surface area contributed by atoms with Gasteiger partial charge in [0, 0.05) is 11.1 Å². The molecule has 1 heterocycles. The molecule has 0 unspecified atom stereocenters. The normalized spacial score (nSPS) is 20.9. The molecular formula is C14H14N2O2. The summed E-state index contributed by atoms with van der Waals surface area (Å²) in [7, 11) is 0. The van der Waals surface area contributed by atoms with Crippen molar-refractivity contribution in [3.63, 3.8) is 0 Å². The largest absolute Gasteiger partial charge is 0.326 e. The van der Waals surface area contributed by atoms with E-state index in [9.17, 15) is 9.59 Å². The predicted molar refractivity (Wildman–Crippen MR) is 67.7 cm³/mol. The Morgan fingerprint density at radius 2 is 1.83 bits per heavy atom. The van der Waals surface area contributed by atoms with Gasteiger partial charge in [-0.05, 0) is 25.7 Å². The smallest absolute Gasteiger partial charge is 0.272 e. The molecule has 1 aliphatic carbocycles. The molecule has 0 radical (unpaired) electrons. The van der Waals surface area contributed by atoms with Crippen LogP contribution in [0.1, 0.15) is 41.6 Å². The minimum atomic E-state index is -0.351. The standard InChI is InChI=1S/C14H14N2O2/c17-9-10-3-5-11(6-4-10)12-13(18)16-14(15-12)7-1-2-8-14/h3-6,9H,1-2,7-8H2,(H,16,18). The van der Waals surface area contributed by atoms with Gasteiger partial charge in [0.1, 0.15) is 17.7 Å². The fourth-order valence-electron chi connectivity index (χ4n) is 2.68. The number of aldehydes is 1. The van der Waals surface area contributed by atoms with Crippen molar-refractivity contribution in [1.82, 2.24) is 5.32 Å². The Morgan fingerprint density at radius 3 is 2.44 bits per heavy atom. The number of hydrogen-bond donors (Lipinski definition) is 1. The summed E-state index contributed by atoms with van der Waals surface area (Å²) in [6.07, 6.45) is 4.87. The maximum atomic E-state index is 12.0. The Hall–Kier alpha value is -1.97. The van der Waals surface area contributed by atoms with E-state index in [0.29, 0.717) is 11.3 Å². The van der Waals surface area contributed by atoms with Gasteiger partial charge in [0.15, 0.2) is 0 Å². The van der Waals surface area contributed by atoms with Gasteiger partial charge in [0.2, 0.25) is 0 Å². The van der Waals surface area contributed by atoms with Gasteiger partial charge in [-0.3, -0.25) is 14.6 Å². The lowest BCUT2D eigenvalue weighted by Gasteiger charge is -2.18. The molecule has 1 spiro atoms.